The van der Waals surface area contributed by atoms with E-state index >= 15 is 0 Å². The molecule has 1 fully saturated rings. The molecule has 17 heavy (non-hydrogen) atoms. The highest BCUT2D eigenvalue weighted by Gasteiger charge is 2.17. The van der Waals surface area contributed by atoms with Gasteiger partial charge in [-0.15, -0.1) is 0 Å². The van der Waals surface area contributed by atoms with E-state index in [0.717, 1.165) is 49.8 Å². The summed E-state index contributed by atoms with van der Waals surface area (Å²) in [6, 6.07) is 3.87. The number of nitrogens with zero attached hydrogens (tertiary/aromatic N) is 2. The average molecular weight is 235 g/mol. The van der Waals surface area contributed by atoms with Crippen LogP contribution in [0.3, 0.4) is 0 Å². The minimum Gasteiger partial charge on any atom is -0.396 e. The van der Waals surface area contributed by atoms with Crippen molar-refractivity contribution in [2.45, 2.75) is 19.8 Å². The molecule has 4 heteroatoms. The molecule has 2 heterocycles. The summed E-state index contributed by atoms with van der Waals surface area (Å²) in [5, 5.41) is 0. The highest BCUT2D eigenvalue weighted by molar-refractivity contribution is 5.62. The number of anilines is 2. The zero-order valence-corrected chi connectivity index (χ0v) is 10.6. The average Bonchev–Trinajstić information content (AvgIpc) is 2.33. The van der Waals surface area contributed by atoms with Crippen LogP contribution in [-0.4, -0.2) is 31.8 Å². The molecule has 0 bridgehead atoms. The van der Waals surface area contributed by atoms with Crippen LogP contribution in [0.15, 0.2) is 12.1 Å². The van der Waals surface area contributed by atoms with Crippen molar-refractivity contribution < 1.29 is 4.74 Å². The Morgan fingerprint density at radius 3 is 2.82 bits per heavy atom. The number of hydrogen-bond acceptors (Lipinski definition) is 4. The number of aryl methyl sites for hydroxylation is 1. The molecule has 0 saturated carbocycles. The van der Waals surface area contributed by atoms with E-state index in [4.69, 9.17) is 10.5 Å². The van der Waals surface area contributed by atoms with Gasteiger partial charge in [-0.25, -0.2) is 4.98 Å². The van der Waals surface area contributed by atoms with Gasteiger partial charge in [0.15, 0.2) is 5.82 Å². The van der Waals surface area contributed by atoms with Gasteiger partial charge in [-0.05, 0) is 37.8 Å². The van der Waals surface area contributed by atoms with E-state index in [1.165, 1.54) is 0 Å². The lowest BCUT2D eigenvalue weighted by atomic mass is 10.00. The lowest BCUT2D eigenvalue weighted by Crippen LogP contribution is -2.30. The largest absolute Gasteiger partial charge is 0.396 e. The molecular weight excluding hydrogens is 214 g/mol. The van der Waals surface area contributed by atoms with E-state index in [0.29, 0.717) is 5.92 Å². The second-order valence-electron chi connectivity index (χ2n) is 4.80. The molecular formula is C13H21N3O. The minimum atomic E-state index is 0.690. The van der Waals surface area contributed by atoms with Crippen molar-refractivity contribution in [3.8, 4) is 0 Å². The summed E-state index contributed by atoms with van der Waals surface area (Å²) in [6.07, 6.45) is 2.27. The fraction of sp³-hybridized carbons (Fsp3) is 0.615. The summed E-state index contributed by atoms with van der Waals surface area (Å²) < 4.78 is 5.37. The van der Waals surface area contributed by atoms with Crippen LogP contribution >= 0.6 is 0 Å². The predicted molar refractivity (Wildman–Crippen MR) is 70.2 cm³/mol. The second kappa shape index (κ2) is 5.36. The van der Waals surface area contributed by atoms with Crippen LogP contribution in [0.5, 0.6) is 0 Å². The molecule has 0 spiro atoms. The quantitative estimate of drug-likeness (QED) is 0.868. The Hall–Kier alpha value is -1.29. The highest BCUT2D eigenvalue weighted by atomic mass is 16.5. The van der Waals surface area contributed by atoms with Crippen molar-refractivity contribution >= 4 is 11.5 Å². The maximum absolute atomic E-state index is 5.97. The van der Waals surface area contributed by atoms with Gasteiger partial charge in [0, 0.05) is 32.5 Å². The molecule has 1 aliphatic rings. The van der Waals surface area contributed by atoms with E-state index in [9.17, 15) is 0 Å². The summed E-state index contributed by atoms with van der Waals surface area (Å²) in [4.78, 5) is 6.67. The standard InChI is InChI=1S/C13H21N3O/c1-10-3-4-12(14)13(15-10)16(2)9-11-5-7-17-8-6-11/h3-4,11H,5-9,14H2,1-2H3. The monoisotopic (exact) mass is 235 g/mol. The summed E-state index contributed by atoms with van der Waals surface area (Å²) >= 11 is 0. The molecule has 0 atom stereocenters. The van der Waals surface area contributed by atoms with Gasteiger partial charge in [-0.3, -0.25) is 0 Å². The van der Waals surface area contributed by atoms with Crippen molar-refractivity contribution in [2.24, 2.45) is 5.92 Å². The van der Waals surface area contributed by atoms with Gasteiger partial charge in [0.25, 0.3) is 0 Å². The fourth-order valence-electron chi connectivity index (χ4n) is 2.26. The predicted octanol–water partition coefficient (Wildman–Crippen LogP) is 1.84. The van der Waals surface area contributed by atoms with E-state index in [2.05, 4.69) is 16.9 Å². The molecule has 0 radical (unpaired) electrons. The third-order valence-electron chi connectivity index (χ3n) is 3.28. The first-order valence-electron chi connectivity index (χ1n) is 6.19. The van der Waals surface area contributed by atoms with Crippen LogP contribution in [0.25, 0.3) is 0 Å². The molecule has 94 valence electrons. The number of ether oxygens (including phenoxy) is 1. The first-order valence-corrected chi connectivity index (χ1v) is 6.19. The zero-order valence-electron chi connectivity index (χ0n) is 10.6. The first-order chi connectivity index (χ1) is 8.16. The number of nitrogen functional groups attached to an aromatic ring is 1. The second-order valence-corrected chi connectivity index (χ2v) is 4.80. The highest BCUT2D eigenvalue weighted by Crippen LogP contribution is 2.23. The van der Waals surface area contributed by atoms with Gasteiger partial charge >= 0.3 is 0 Å². The van der Waals surface area contributed by atoms with Crippen LogP contribution in [0.1, 0.15) is 18.5 Å². The Morgan fingerprint density at radius 1 is 1.41 bits per heavy atom. The molecule has 1 aromatic heterocycles. The Labute approximate surface area is 103 Å². The van der Waals surface area contributed by atoms with Crippen LogP contribution in [0, 0.1) is 12.8 Å². The Morgan fingerprint density at radius 2 is 2.12 bits per heavy atom. The zero-order chi connectivity index (χ0) is 12.3. The van der Waals surface area contributed by atoms with Gasteiger partial charge in [0.1, 0.15) is 0 Å². The molecule has 1 aromatic rings. The third-order valence-corrected chi connectivity index (χ3v) is 3.28. The smallest absolute Gasteiger partial charge is 0.151 e. The number of rotatable bonds is 3. The van der Waals surface area contributed by atoms with Crippen LogP contribution in [0.2, 0.25) is 0 Å². The first kappa shape index (κ1) is 12.2. The van der Waals surface area contributed by atoms with Crippen molar-refractivity contribution in [1.29, 1.82) is 0 Å². The number of aromatic nitrogens is 1. The molecule has 0 aromatic carbocycles. The molecule has 1 aliphatic heterocycles. The molecule has 0 unspecified atom stereocenters. The van der Waals surface area contributed by atoms with Crippen LogP contribution < -0.4 is 10.6 Å². The van der Waals surface area contributed by atoms with Crippen molar-refractivity contribution in [3.05, 3.63) is 17.8 Å². The lowest BCUT2D eigenvalue weighted by molar-refractivity contribution is 0.0685. The van der Waals surface area contributed by atoms with E-state index in [-0.39, 0.29) is 0 Å². The van der Waals surface area contributed by atoms with Crippen molar-refractivity contribution in [2.75, 3.05) is 37.4 Å². The molecule has 2 rings (SSSR count). The molecule has 0 amide bonds. The molecule has 2 N–H and O–H groups in total. The summed E-state index contributed by atoms with van der Waals surface area (Å²) in [5.74, 6) is 1.59. The van der Waals surface area contributed by atoms with Crippen LogP contribution in [0.4, 0.5) is 11.5 Å². The van der Waals surface area contributed by atoms with Gasteiger partial charge in [-0.2, -0.15) is 0 Å². The van der Waals surface area contributed by atoms with Crippen molar-refractivity contribution in [3.63, 3.8) is 0 Å². The fourth-order valence-corrected chi connectivity index (χ4v) is 2.26. The Balaban J connectivity index is 2.02. The maximum Gasteiger partial charge on any atom is 0.151 e. The maximum atomic E-state index is 5.97. The SMILES string of the molecule is Cc1ccc(N)c(N(C)CC2CCOCC2)n1. The molecule has 4 nitrogen and oxygen atoms in total. The molecule has 0 aliphatic carbocycles. The number of pyridine rings is 1. The van der Waals surface area contributed by atoms with Crippen LogP contribution in [-0.2, 0) is 4.74 Å². The van der Waals surface area contributed by atoms with E-state index in [1.807, 2.05) is 19.1 Å². The lowest BCUT2D eigenvalue weighted by Gasteiger charge is -2.28. The number of nitrogens with two attached hydrogens (primary N) is 1. The minimum absolute atomic E-state index is 0.690. The van der Waals surface area contributed by atoms with Crippen molar-refractivity contribution in [1.82, 2.24) is 4.98 Å². The summed E-state index contributed by atoms with van der Waals surface area (Å²) in [7, 11) is 2.06. The summed E-state index contributed by atoms with van der Waals surface area (Å²) in [5.41, 5.74) is 7.73. The number of hydrogen-bond donors (Lipinski definition) is 1. The topological polar surface area (TPSA) is 51.4 Å². The van der Waals surface area contributed by atoms with Gasteiger partial charge < -0.3 is 15.4 Å². The van der Waals surface area contributed by atoms with Gasteiger partial charge in [-0.1, -0.05) is 0 Å². The molecule has 1 saturated heterocycles. The van der Waals surface area contributed by atoms with Gasteiger partial charge in [0.05, 0.1) is 5.69 Å². The normalized spacial score (nSPS) is 17.1. The third kappa shape index (κ3) is 3.09. The van der Waals surface area contributed by atoms with E-state index in [1.54, 1.807) is 0 Å². The summed E-state index contributed by atoms with van der Waals surface area (Å²) in [6.45, 7) is 4.76. The Kier molecular flexibility index (Phi) is 3.84. The van der Waals surface area contributed by atoms with Gasteiger partial charge in [0.2, 0.25) is 0 Å². The van der Waals surface area contributed by atoms with E-state index < -0.39 is 0 Å². The Bertz CT molecular complexity index is 375.